The van der Waals surface area contributed by atoms with Crippen molar-refractivity contribution >= 4 is 29.0 Å². The van der Waals surface area contributed by atoms with Gasteiger partial charge in [0.1, 0.15) is 23.1 Å². The highest BCUT2D eigenvalue weighted by atomic mass is 35.5. The second-order valence-electron chi connectivity index (χ2n) is 9.83. The van der Waals surface area contributed by atoms with Gasteiger partial charge in [-0.1, -0.05) is 32.9 Å². The van der Waals surface area contributed by atoms with E-state index in [1.165, 1.54) is 17.7 Å². The van der Waals surface area contributed by atoms with Crippen LogP contribution >= 0.6 is 12.4 Å². The zero-order valence-corrected chi connectivity index (χ0v) is 22.6. The summed E-state index contributed by atoms with van der Waals surface area (Å²) in [6, 6.07) is 20.8. The van der Waals surface area contributed by atoms with Gasteiger partial charge in [-0.15, -0.1) is 12.4 Å². The first-order valence-electron chi connectivity index (χ1n) is 12.3. The second kappa shape index (κ2) is 12.7. The maximum absolute atomic E-state index is 13.5. The van der Waals surface area contributed by atoms with Gasteiger partial charge < -0.3 is 20.1 Å². The van der Waals surface area contributed by atoms with Gasteiger partial charge in [-0.2, -0.15) is 0 Å². The molecule has 0 aliphatic rings. The number of aromatic nitrogens is 1. The Bertz CT molecular complexity index is 1310. The van der Waals surface area contributed by atoms with Crippen molar-refractivity contribution in [3.8, 4) is 17.2 Å². The molecule has 0 spiro atoms. The third-order valence-electron chi connectivity index (χ3n) is 6.07. The van der Waals surface area contributed by atoms with Gasteiger partial charge in [0.15, 0.2) is 0 Å². The number of pyridine rings is 1. The van der Waals surface area contributed by atoms with Gasteiger partial charge in [-0.25, -0.2) is 4.39 Å². The molecule has 1 aromatic heterocycles. The molecule has 2 N–H and O–H groups in total. The van der Waals surface area contributed by atoms with E-state index < -0.39 is 0 Å². The molecule has 1 heterocycles. The van der Waals surface area contributed by atoms with Crippen LogP contribution in [-0.2, 0) is 12.0 Å². The monoisotopic (exact) mass is 523 g/mol. The topological polar surface area (TPSA) is 55.4 Å². The van der Waals surface area contributed by atoms with Crippen molar-refractivity contribution in [2.24, 2.45) is 0 Å². The van der Waals surface area contributed by atoms with Gasteiger partial charge in [0.2, 0.25) is 0 Å². The van der Waals surface area contributed by atoms with Crippen LogP contribution in [-0.4, -0.2) is 25.2 Å². The summed E-state index contributed by atoms with van der Waals surface area (Å²) in [6.45, 7) is 8.74. The number of rotatable bonds is 10. The first kappa shape index (κ1) is 28.2. The maximum atomic E-state index is 13.5. The van der Waals surface area contributed by atoms with Crippen molar-refractivity contribution in [2.45, 2.75) is 39.2 Å². The number of methoxy groups -OCH3 is 1. The Morgan fingerprint density at radius 3 is 2.38 bits per heavy atom. The quantitative estimate of drug-likeness (QED) is 0.211. The first-order valence-corrected chi connectivity index (χ1v) is 12.3. The highest BCUT2D eigenvalue weighted by Crippen LogP contribution is 2.30. The van der Waals surface area contributed by atoms with Crippen molar-refractivity contribution in [1.29, 1.82) is 0 Å². The number of hydrogen-bond acceptors (Lipinski definition) is 5. The van der Waals surface area contributed by atoms with E-state index in [9.17, 15) is 4.39 Å². The predicted octanol–water partition coefficient (Wildman–Crippen LogP) is 7.49. The van der Waals surface area contributed by atoms with Crippen LogP contribution in [0.15, 0.2) is 72.9 Å². The number of nitrogens with zero attached hydrogens (tertiary/aromatic N) is 1. The van der Waals surface area contributed by atoms with Crippen molar-refractivity contribution in [2.75, 3.05) is 25.5 Å². The number of anilines is 1. The van der Waals surface area contributed by atoms with E-state index in [0.717, 1.165) is 53.2 Å². The number of fused-ring (bicyclic) bond motifs is 1. The molecule has 4 rings (SSSR count). The molecule has 0 aliphatic heterocycles. The lowest BCUT2D eigenvalue weighted by Gasteiger charge is -2.19. The van der Waals surface area contributed by atoms with Crippen molar-refractivity contribution in [1.82, 2.24) is 10.3 Å². The Hall–Kier alpha value is -3.35. The largest absolute Gasteiger partial charge is 0.496 e. The average molecular weight is 524 g/mol. The Labute approximate surface area is 224 Å². The Morgan fingerprint density at radius 1 is 0.892 bits per heavy atom. The molecule has 3 aromatic carbocycles. The van der Waals surface area contributed by atoms with Crippen molar-refractivity contribution in [3.05, 3.63) is 89.9 Å². The zero-order chi connectivity index (χ0) is 25.5. The lowest BCUT2D eigenvalue weighted by molar-refractivity contribution is 0.406. The van der Waals surface area contributed by atoms with Crippen LogP contribution in [0.5, 0.6) is 17.2 Å². The van der Waals surface area contributed by atoms with E-state index in [-0.39, 0.29) is 23.6 Å². The molecule has 5 nitrogen and oxygen atoms in total. The molecular formula is C30H35ClFN3O2. The summed E-state index contributed by atoms with van der Waals surface area (Å²) in [7, 11) is 1.60. The minimum absolute atomic E-state index is 0. The van der Waals surface area contributed by atoms with Gasteiger partial charge in [-0.05, 0) is 72.5 Å². The molecular weight excluding hydrogens is 489 g/mol. The van der Waals surface area contributed by atoms with E-state index in [2.05, 4.69) is 48.5 Å². The van der Waals surface area contributed by atoms with E-state index in [1.807, 2.05) is 36.4 Å². The summed E-state index contributed by atoms with van der Waals surface area (Å²) in [6.07, 6.45) is 2.72. The highest BCUT2D eigenvalue weighted by molar-refractivity contribution is 5.91. The molecule has 196 valence electrons. The summed E-state index contributed by atoms with van der Waals surface area (Å²) in [4.78, 5) is 4.53. The van der Waals surface area contributed by atoms with Gasteiger partial charge >= 0.3 is 0 Å². The summed E-state index contributed by atoms with van der Waals surface area (Å²) in [5.41, 5.74) is 4.11. The lowest BCUT2D eigenvalue weighted by atomic mass is 9.87. The van der Waals surface area contributed by atoms with Gasteiger partial charge in [0, 0.05) is 42.0 Å². The van der Waals surface area contributed by atoms with Crippen LogP contribution in [0.3, 0.4) is 0 Å². The molecule has 0 saturated heterocycles. The molecule has 0 saturated carbocycles. The van der Waals surface area contributed by atoms with E-state index in [0.29, 0.717) is 12.3 Å². The minimum Gasteiger partial charge on any atom is -0.496 e. The third kappa shape index (κ3) is 7.57. The fourth-order valence-electron chi connectivity index (χ4n) is 4.05. The normalized spacial score (nSPS) is 11.2. The Morgan fingerprint density at radius 2 is 1.65 bits per heavy atom. The SMILES string of the molecule is COc1ccc(F)cc1CNCCCNc1ccnc2cc(Oc3ccc(C(C)(C)C)cc3)ccc12.Cl. The molecule has 0 atom stereocenters. The van der Waals surface area contributed by atoms with Crippen LogP contribution in [0, 0.1) is 5.82 Å². The highest BCUT2D eigenvalue weighted by Gasteiger charge is 2.13. The molecule has 37 heavy (non-hydrogen) atoms. The van der Waals surface area contributed by atoms with Gasteiger partial charge in [0.25, 0.3) is 0 Å². The number of ether oxygens (including phenoxy) is 2. The van der Waals surface area contributed by atoms with E-state index in [1.54, 1.807) is 19.4 Å². The van der Waals surface area contributed by atoms with Crippen LogP contribution in [0.25, 0.3) is 10.9 Å². The molecule has 0 radical (unpaired) electrons. The molecule has 0 aliphatic carbocycles. The van der Waals surface area contributed by atoms with E-state index in [4.69, 9.17) is 9.47 Å². The fourth-order valence-corrected chi connectivity index (χ4v) is 4.05. The summed E-state index contributed by atoms with van der Waals surface area (Å²) < 4.78 is 24.9. The maximum Gasteiger partial charge on any atom is 0.129 e. The summed E-state index contributed by atoms with van der Waals surface area (Å²) in [5.74, 6) is 1.99. The molecule has 0 fully saturated rings. The van der Waals surface area contributed by atoms with Crippen LogP contribution in [0.4, 0.5) is 10.1 Å². The standard InChI is InChI=1S/C30H34FN3O2.ClH/c1-30(2,3)22-6-9-24(10-7-22)36-25-11-12-26-27(14-17-34-28(26)19-25)33-16-5-15-32-20-21-18-23(31)8-13-29(21)35-4;/h6-14,17-19,32H,5,15-16,20H2,1-4H3,(H,33,34);1H. The first-order chi connectivity index (χ1) is 17.3. The van der Waals surface area contributed by atoms with Gasteiger partial charge in [0.05, 0.1) is 12.6 Å². The summed E-state index contributed by atoms with van der Waals surface area (Å²) in [5, 5.41) is 7.90. The predicted molar refractivity (Wildman–Crippen MR) is 152 cm³/mol. The number of halogens is 2. The smallest absolute Gasteiger partial charge is 0.129 e. The van der Waals surface area contributed by atoms with Crippen LogP contribution < -0.4 is 20.1 Å². The second-order valence-corrected chi connectivity index (χ2v) is 9.83. The van der Waals surface area contributed by atoms with Crippen LogP contribution in [0.1, 0.15) is 38.3 Å². The molecule has 7 heteroatoms. The lowest BCUT2D eigenvalue weighted by Crippen LogP contribution is -2.18. The van der Waals surface area contributed by atoms with Crippen molar-refractivity contribution in [3.63, 3.8) is 0 Å². The average Bonchev–Trinajstić information content (AvgIpc) is 2.86. The minimum atomic E-state index is -0.258. The molecule has 4 aromatic rings. The summed E-state index contributed by atoms with van der Waals surface area (Å²) >= 11 is 0. The van der Waals surface area contributed by atoms with E-state index >= 15 is 0 Å². The van der Waals surface area contributed by atoms with Gasteiger partial charge in [-0.3, -0.25) is 4.98 Å². The molecule has 0 bridgehead atoms. The van der Waals surface area contributed by atoms with Crippen LogP contribution in [0.2, 0.25) is 0 Å². The number of hydrogen-bond donors (Lipinski definition) is 2. The van der Waals surface area contributed by atoms with Crippen molar-refractivity contribution < 1.29 is 13.9 Å². The molecule has 0 unspecified atom stereocenters. The molecule has 0 amide bonds. The number of benzene rings is 3. The Kier molecular flexibility index (Phi) is 9.73. The third-order valence-corrected chi connectivity index (χ3v) is 6.07. The fraction of sp³-hybridized carbons (Fsp3) is 0.300. The zero-order valence-electron chi connectivity index (χ0n) is 21.8. The number of nitrogens with one attached hydrogen (secondary N) is 2. The Balaban J connectivity index is 0.00000380.